The fourth-order valence-electron chi connectivity index (χ4n) is 3.12. The van der Waals surface area contributed by atoms with E-state index < -0.39 is 0 Å². The van der Waals surface area contributed by atoms with E-state index in [-0.39, 0.29) is 17.4 Å². The van der Waals surface area contributed by atoms with Gasteiger partial charge in [-0.3, -0.25) is 4.79 Å². The van der Waals surface area contributed by atoms with E-state index in [9.17, 15) is 4.79 Å². The van der Waals surface area contributed by atoms with Crippen molar-refractivity contribution in [2.45, 2.75) is 31.2 Å². The number of rotatable bonds is 2. The molecule has 2 atom stereocenters. The molecule has 1 N–H and O–H groups in total. The van der Waals surface area contributed by atoms with Crippen LogP contribution >= 0.6 is 0 Å². The molecular weight excluding hydrogens is 228 g/mol. The van der Waals surface area contributed by atoms with Gasteiger partial charge in [0.2, 0.25) is 5.91 Å². The van der Waals surface area contributed by atoms with Crippen molar-refractivity contribution >= 4 is 5.91 Å². The second-order valence-electron chi connectivity index (χ2n) is 5.74. The Morgan fingerprint density at radius 1 is 1.56 bits per heavy atom. The predicted octanol–water partition coefficient (Wildman–Crippen LogP) is 0.537. The molecular formula is C13H20N4O. The molecule has 5 heteroatoms. The number of aromatic nitrogens is 2. The standard InChI is InChI=1S/C13H20N4O/c1-13(4-5-14-8-13)11-7-15-9-17(11)10-3-6-16(2)12(10)18/h7,9-10,14H,3-6,8H2,1-2H3. The molecule has 2 unspecified atom stereocenters. The lowest BCUT2D eigenvalue weighted by atomic mass is 9.86. The summed E-state index contributed by atoms with van der Waals surface area (Å²) in [6, 6.07) is -0.0510. The average molecular weight is 248 g/mol. The zero-order chi connectivity index (χ0) is 12.8. The summed E-state index contributed by atoms with van der Waals surface area (Å²) in [4.78, 5) is 18.2. The third kappa shape index (κ3) is 1.65. The smallest absolute Gasteiger partial charge is 0.245 e. The van der Waals surface area contributed by atoms with Gasteiger partial charge >= 0.3 is 0 Å². The molecule has 0 aliphatic carbocycles. The van der Waals surface area contributed by atoms with Crippen molar-refractivity contribution in [1.82, 2.24) is 19.8 Å². The lowest BCUT2D eigenvalue weighted by Crippen LogP contribution is -2.31. The van der Waals surface area contributed by atoms with E-state index in [1.54, 1.807) is 0 Å². The molecule has 1 amide bonds. The van der Waals surface area contributed by atoms with Crippen molar-refractivity contribution in [1.29, 1.82) is 0 Å². The largest absolute Gasteiger partial charge is 0.344 e. The van der Waals surface area contributed by atoms with Crippen LogP contribution in [0.2, 0.25) is 0 Å². The number of carbonyl (C=O) groups excluding carboxylic acids is 1. The first kappa shape index (κ1) is 11.7. The Bertz CT molecular complexity index is 461. The number of hydrogen-bond acceptors (Lipinski definition) is 3. The highest BCUT2D eigenvalue weighted by Crippen LogP contribution is 2.33. The summed E-state index contributed by atoms with van der Waals surface area (Å²) in [7, 11) is 1.87. The molecule has 0 bridgehead atoms. The zero-order valence-corrected chi connectivity index (χ0v) is 11.0. The summed E-state index contributed by atoms with van der Waals surface area (Å²) in [5, 5.41) is 3.40. The monoisotopic (exact) mass is 248 g/mol. The summed E-state index contributed by atoms with van der Waals surface area (Å²) >= 11 is 0. The Morgan fingerprint density at radius 2 is 2.39 bits per heavy atom. The number of likely N-dealkylation sites (tertiary alicyclic amines) is 1. The van der Waals surface area contributed by atoms with Crippen molar-refractivity contribution in [3.63, 3.8) is 0 Å². The summed E-state index contributed by atoms with van der Waals surface area (Å²) < 4.78 is 2.10. The number of likely N-dealkylation sites (N-methyl/N-ethyl adjacent to an activating group) is 1. The minimum absolute atomic E-state index is 0.0510. The highest BCUT2D eigenvalue weighted by molar-refractivity contribution is 5.82. The fourth-order valence-corrected chi connectivity index (χ4v) is 3.12. The molecule has 18 heavy (non-hydrogen) atoms. The van der Waals surface area contributed by atoms with E-state index in [1.807, 2.05) is 24.5 Å². The topological polar surface area (TPSA) is 50.2 Å². The molecule has 0 aromatic carbocycles. The Kier molecular flexibility index (Phi) is 2.66. The molecule has 5 nitrogen and oxygen atoms in total. The maximum atomic E-state index is 12.1. The molecule has 98 valence electrons. The first-order valence-corrected chi connectivity index (χ1v) is 6.60. The Hall–Kier alpha value is -1.36. The molecule has 1 aromatic heterocycles. The number of nitrogens with one attached hydrogen (secondary N) is 1. The molecule has 3 heterocycles. The fraction of sp³-hybridized carbons (Fsp3) is 0.692. The van der Waals surface area contributed by atoms with Gasteiger partial charge in [0.1, 0.15) is 6.04 Å². The number of amides is 1. The molecule has 0 saturated carbocycles. The van der Waals surface area contributed by atoms with E-state index in [2.05, 4.69) is 21.8 Å². The number of hydrogen-bond donors (Lipinski definition) is 1. The first-order valence-electron chi connectivity index (χ1n) is 6.60. The maximum Gasteiger partial charge on any atom is 0.245 e. The van der Waals surface area contributed by atoms with Gasteiger partial charge in [0, 0.05) is 37.4 Å². The van der Waals surface area contributed by atoms with E-state index in [4.69, 9.17) is 0 Å². The van der Waals surface area contributed by atoms with Crippen LogP contribution < -0.4 is 5.32 Å². The van der Waals surface area contributed by atoms with Gasteiger partial charge in [-0.1, -0.05) is 6.92 Å². The van der Waals surface area contributed by atoms with Gasteiger partial charge in [-0.2, -0.15) is 0 Å². The van der Waals surface area contributed by atoms with Gasteiger partial charge in [-0.15, -0.1) is 0 Å². The highest BCUT2D eigenvalue weighted by Gasteiger charge is 2.38. The third-order valence-electron chi connectivity index (χ3n) is 4.39. The maximum absolute atomic E-state index is 12.1. The van der Waals surface area contributed by atoms with Crippen molar-refractivity contribution in [3.8, 4) is 0 Å². The van der Waals surface area contributed by atoms with Gasteiger partial charge in [0.25, 0.3) is 0 Å². The van der Waals surface area contributed by atoms with E-state index in [0.29, 0.717) is 0 Å². The molecule has 3 rings (SSSR count). The second kappa shape index (κ2) is 4.09. The van der Waals surface area contributed by atoms with Crippen LogP contribution in [0.5, 0.6) is 0 Å². The molecule has 0 spiro atoms. The zero-order valence-electron chi connectivity index (χ0n) is 11.0. The van der Waals surface area contributed by atoms with Crippen LogP contribution in [0.4, 0.5) is 0 Å². The predicted molar refractivity (Wildman–Crippen MR) is 68.4 cm³/mol. The molecule has 1 aromatic rings. The number of nitrogens with zero attached hydrogens (tertiary/aromatic N) is 3. The Balaban J connectivity index is 1.95. The van der Waals surface area contributed by atoms with E-state index in [0.717, 1.165) is 32.5 Å². The first-order chi connectivity index (χ1) is 8.62. The van der Waals surface area contributed by atoms with Gasteiger partial charge < -0.3 is 14.8 Å². The van der Waals surface area contributed by atoms with Gasteiger partial charge in [-0.05, 0) is 19.4 Å². The van der Waals surface area contributed by atoms with Crippen LogP contribution in [-0.4, -0.2) is 47.0 Å². The normalized spacial score (nSPS) is 32.4. The van der Waals surface area contributed by atoms with Crippen LogP contribution in [0.1, 0.15) is 31.5 Å². The van der Waals surface area contributed by atoms with Gasteiger partial charge in [0.05, 0.1) is 6.33 Å². The summed E-state index contributed by atoms with van der Waals surface area (Å²) in [6.07, 6.45) is 5.75. The third-order valence-corrected chi connectivity index (χ3v) is 4.39. The summed E-state index contributed by atoms with van der Waals surface area (Å²) in [5.74, 6) is 0.212. The summed E-state index contributed by atoms with van der Waals surface area (Å²) in [5.41, 5.74) is 1.30. The number of imidazole rings is 1. The van der Waals surface area contributed by atoms with Crippen molar-refractivity contribution in [2.75, 3.05) is 26.7 Å². The van der Waals surface area contributed by atoms with Gasteiger partial charge in [0.15, 0.2) is 0 Å². The van der Waals surface area contributed by atoms with Crippen molar-refractivity contribution in [3.05, 3.63) is 18.2 Å². The average Bonchev–Trinajstić information content (AvgIpc) is 3.03. The SMILES string of the molecule is CN1CCC(n2cncc2C2(C)CCNC2)C1=O. The minimum Gasteiger partial charge on any atom is -0.344 e. The Labute approximate surface area is 107 Å². The lowest BCUT2D eigenvalue weighted by molar-refractivity contribution is -0.129. The van der Waals surface area contributed by atoms with Gasteiger partial charge in [-0.25, -0.2) is 4.98 Å². The van der Waals surface area contributed by atoms with Crippen LogP contribution in [-0.2, 0) is 10.2 Å². The highest BCUT2D eigenvalue weighted by atomic mass is 16.2. The number of carbonyl (C=O) groups is 1. The second-order valence-corrected chi connectivity index (χ2v) is 5.74. The Morgan fingerprint density at radius 3 is 3.00 bits per heavy atom. The molecule has 2 fully saturated rings. The van der Waals surface area contributed by atoms with Crippen molar-refractivity contribution < 1.29 is 4.79 Å². The molecule has 2 aliphatic rings. The van der Waals surface area contributed by atoms with Crippen LogP contribution in [0.25, 0.3) is 0 Å². The van der Waals surface area contributed by atoms with Crippen LogP contribution in [0.3, 0.4) is 0 Å². The molecule has 2 aliphatic heterocycles. The summed E-state index contributed by atoms with van der Waals surface area (Å²) in [6.45, 7) is 5.11. The molecule has 0 radical (unpaired) electrons. The lowest BCUT2D eigenvalue weighted by Gasteiger charge is -2.26. The quantitative estimate of drug-likeness (QED) is 0.831. The van der Waals surface area contributed by atoms with Crippen LogP contribution in [0.15, 0.2) is 12.5 Å². The van der Waals surface area contributed by atoms with Crippen LogP contribution in [0, 0.1) is 0 Å². The van der Waals surface area contributed by atoms with E-state index in [1.165, 1.54) is 5.69 Å². The minimum atomic E-state index is -0.0510. The molecule has 2 saturated heterocycles. The van der Waals surface area contributed by atoms with E-state index >= 15 is 0 Å². The van der Waals surface area contributed by atoms with Crippen molar-refractivity contribution in [2.24, 2.45) is 0 Å².